The van der Waals surface area contributed by atoms with Gasteiger partial charge in [0.15, 0.2) is 11.3 Å². The molecule has 1 amide bonds. The first-order valence-electron chi connectivity index (χ1n) is 10.3. The summed E-state index contributed by atoms with van der Waals surface area (Å²) < 4.78 is 7.92. The fourth-order valence-electron chi connectivity index (χ4n) is 4.21. The number of aryl methyl sites for hydroxylation is 1. The minimum absolute atomic E-state index is 0.155. The molecule has 8 nitrogen and oxygen atoms in total. The van der Waals surface area contributed by atoms with Crippen LogP contribution in [0.4, 0.5) is 5.82 Å². The normalized spacial score (nSPS) is 14.6. The summed E-state index contributed by atoms with van der Waals surface area (Å²) in [6.45, 7) is 0.498. The maximum Gasteiger partial charge on any atom is 0.251 e. The minimum atomic E-state index is 0.155. The molecule has 0 unspecified atom stereocenters. The number of nitrogens with one attached hydrogen (secondary N) is 2. The van der Waals surface area contributed by atoms with Gasteiger partial charge in [-0.05, 0) is 30.5 Å². The van der Waals surface area contributed by atoms with E-state index in [-0.39, 0.29) is 11.8 Å². The number of pyridine rings is 1. The lowest BCUT2D eigenvalue weighted by molar-refractivity contribution is -0.124. The molecule has 3 aromatic heterocycles. The largest absolute Gasteiger partial charge is 0.418 e. The van der Waals surface area contributed by atoms with Crippen molar-refractivity contribution in [2.75, 3.05) is 12.4 Å². The number of carbonyl (C=O) groups excluding carboxylic acids is 1. The van der Waals surface area contributed by atoms with Crippen molar-refractivity contribution < 1.29 is 9.21 Å². The molecule has 5 rings (SSSR count). The number of fused-ring (bicyclic) bond motifs is 3. The third-order valence-electron chi connectivity index (χ3n) is 5.81. The first kappa shape index (κ1) is 18.6. The Morgan fingerprint density at radius 2 is 2.07 bits per heavy atom. The van der Waals surface area contributed by atoms with Gasteiger partial charge in [-0.3, -0.25) is 4.79 Å². The van der Waals surface area contributed by atoms with Crippen molar-refractivity contribution >= 4 is 34.0 Å². The van der Waals surface area contributed by atoms with Crippen LogP contribution in [0.5, 0.6) is 0 Å². The first-order chi connectivity index (χ1) is 14.6. The molecule has 1 aliphatic carbocycles. The number of hydrogen-bond donors (Lipinski definition) is 2. The van der Waals surface area contributed by atoms with Crippen LogP contribution in [0.25, 0.3) is 33.7 Å². The van der Waals surface area contributed by atoms with Gasteiger partial charge in [0.25, 0.3) is 5.71 Å². The summed E-state index contributed by atoms with van der Waals surface area (Å²) >= 11 is 0. The Bertz CT molecular complexity index is 1240. The molecule has 0 aliphatic heterocycles. The lowest BCUT2D eigenvalue weighted by Gasteiger charge is -2.10. The van der Waals surface area contributed by atoms with Gasteiger partial charge in [0, 0.05) is 32.1 Å². The summed E-state index contributed by atoms with van der Waals surface area (Å²) in [6.07, 6.45) is 6.05. The van der Waals surface area contributed by atoms with Crippen molar-refractivity contribution in [3.63, 3.8) is 0 Å². The number of anilines is 1. The molecule has 30 heavy (non-hydrogen) atoms. The Morgan fingerprint density at radius 1 is 1.23 bits per heavy atom. The molecule has 0 bridgehead atoms. The van der Waals surface area contributed by atoms with Crippen LogP contribution in [0.3, 0.4) is 0 Å². The summed E-state index contributed by atoms with van der Waals surface area (Å²) in [6, 6.07) is 7.90. The highest BCUT2D eigenvalue weighted by atomic mass is 16.4. The van der Waals surface area contributed by atoms with Crippen LogP contribution in [-0.4, -0.2) is 32.5 Å². The second-order valence-corrected chi connectivity index (χ2v) is 7.84. The third kappa shape index (κ3) is 3.18. The first-order valence-corrected chi connectivity index (χ1v) is 10.3. The fraction of sp³-hybridized carbons (Fsp3) is 0.364. The number of hydrogen-bond acceptors (Lipinski definition) is 6. The topological polar surface area (TPSA) is 97.9 Å². The number of oxazole rings is 1. The number of nitrogens with zero attached hydrogens (tertiary/aromatic N) is 4. The average Bonchev–Trinajstić information content (AvgIpc) is 3.51. The second kappa shape index (κ2) is 7.44. The van der Waals surface area contributed by atoms with E-state index < -0.39 is 0 Å². The molecule has 8 heteroatoms. The molecule has 0 atom stereocenters. The van der Waals surface area contributed by atoms with E-state index in [0.29, 0.717) is 29.5 Å². The SMILES string of the molecule is CNc1nc2oc(-c3cccc(CNC(=O)C4CCCC4)c3)nc2c2c1ncn2C. The zero-order valence-corrected chi connectivity index (χ0v) is 17.1. The zero-order valence-electron chi connectivity index (χ0n) is 17.1. The lowest BCUT2D eigenvalue weighted by Crippen LogP contribution is -2.28. The van der Waals surface area contributed by atoms with Crippen LogP contribution in [0.1, 0.15) is 31.2 Å². The van der Waals surface area contributed by atoms with Crippen LogP contribution < -0.4 is 10.6 Å². The van der Waals surface area contributed by atoms with Crippen molar-refractivity contribution in [3.8, 4) is 11.5 Å². The quantitative estimate of drug-likeness (QED) is 0.527. The van der Waals surface area contributed by atoms with Gasteiger partial charge in [-0.15, -0.1) is 0 Å². The number of imidazole rings is 1. The highest BCUT2D eigenvalue weighted by molar-refractivity contribution is 6.03. The smallest absolute Gasteiger partial charge is 0.251 e. The Kier molecular flexibility index (Phi) is 4.61. The third-order valence-corrected chi connectivity index (χ3v) is 5.81. The van der Waals surface area contributed by atoms with E-state index in [9.17, 15) is 4.79 Å². The van der Waals surface area contributed by atoms with Gasteiger partial charge >= 0.3 is 0 Å². The van der Waals surface area contributed by atoms with Crippen molar-refractivity contribution in [2.24, 2.45) is 13.0 Å². The molecule has 154 valence electrons. The maximum atomic E-state index is 12.3. The van der Waals surface area contributed by atoms with E-state index in [1.807, 2.05) is 42.9 Å². The average molecular weight is 404 g/mol. The predicted octanol–water partition coefficient (Wildman–Crippen LogP) is 3.62. The van der Waals surface area contributed by atoms with E-state index in [1.54, 1.807) is 6.33 Å². The minimum Gasteiger partial charge on any atom is -0.418 e. The maximum absolute atomic E-state index is 12.3. The second-order valence-electron chi connectivity index (χ2n) is 7.84. The molecule has 0 radical (unpaired) electrons. The molecule has 0 saturated heterocycles. The van der Waals surface area contributed by atoms with E-state index in [0.717, 1.165) is 47.8 Å². The van der Waals surface area contributed by atoms with Crippen molar-refractivity contribution in [3.05, 3.63) is 36.2 Å². The number of aromatic nitrogens is 4. The van der Waals surface area contributed by atoms with Gasteiger partial charge in [-0.2, -0.15) is 4.98 Å². The van der Waals surface area contributed by atoms with Gasteiger partial charge in [0.1, 0.15) is 11.0 Å². The van der Waals surface area contributed by atoms with Gasteiger partial charge < -0.3 is 19.6 Å². The highest BCUT2D eigenvalue weighted by Crippen LogP contribution is 2.31. The Morgan fingerprint density at radius 3 is 2.87 bits per heavy atom. The molecule has 1 saturated carbocycles. The molecule has 3 heterocycles. The van der Waals surface area contributed by atoms with Crippen LogP contribution in [0, 0.1) is 5.92 Å². The van der Waals surface area contributed by atoms with Gasteiger partial charge in [0.05, 0.1) is 6.33 Å². The molecule has 0 spiro atoms. The van der Waals surface area contributed by atoms with E-state index in [2.05, 4.69) is 20.6 Å². The van der Waals surface area contributed by atoms with Crippen molar-refractivity contribution in [1.82, 2.24) is 24.8 Å². The number of amides is 1. The summed E-state index contributed by atoms with van der Waals surface area (Å²) in [5.74, 6) is 1.47. The van der Waals surface area contributed by atoms with E-state index in [1.165, 1.54) is 0 Å². The molecule has 1 aliphatic rings. The van der Waals surface area contributed by atoms with Crippen LogP contribution in [0.15, 0.2) is 35.0 Å². The molecule has 1 fully saturated rings. The molecule has 1 aromatic carbocycles. The molecule has 2 N–H and O–H groups in total. The molecular weight excluding hydrogens is 380 g/mol. The summed E-state index contributed by atoms with van der Waals surface area (Å²) in [5, 5.41) is 6.14. The van der Waals surface area contributed by atoms with Crippen LogP contribution >= 0.6 is 0 Å². The lowest BCUT2D eigenvalue weighted by atomic mass is 10.1. The van der Waals surface area contributed by atoms with E-state index in [4.69, 9.17) is 9.40 Å². The molecule has 4 aromatic rings. The highest BCUT2D eigenvalue weighted by Gasteiger charge is 2.22. The predicted molar refractivity (Wildman–Crippen MR) is 115 cm³/mol. The summed E-state index contributed by atoms with van der Waals surface area (Å²) in [5.41, 5.74) is 4.64. The van der Waals surface area contributed by atoms with E-state index >= 15 is 0 Å². The molecular formula is C22H24N6O2. The zero-order chi connectivity index (χ0) is 20.7. The van der Waals surface area contributed by atoms with Crippen molar-refractivity contribution in [2.45, 2.75) is 32.2 Å². The van der Waals surface area contributed by atoms with Gasteiger partial charge in [-0.25, -0.2) is 9.97 Å². The van der Waals surface area contributed by atoms with Crippen molar-refractivity contribution in [1.29, 1.82) is 0 Å². The summed E-state index contributed by atoms with van der Waals surface area (Å²) in [4.78, 5) is 26.0. The standard InChI is InChI=1S/C22H24N6O2/c1-23-19-16-18(28(2)12-25-16)17-22(27-19)30-21(26-17)15-9-5-6-13(10-15)11-24-20(29)14-7-3-4-8-14/h5-6,9-10,12,14H,3-4,7-8,11H2,1-2H3,(H,23,27)(H,24,29). The Labute approximate surface area is 173 Å². The van der Waals surface area contributed by atoms with Crippen LogP contribution in [-0.2, 0) is 18.4 Å². The van der Waals surface area contributed by atoms with Gasteiger partial charge in [-0.1, -0.05) is 25.0 Å². The number of benzene rings is 1. The number of rotatable bonds is 5. The Hall–Kier alpha value is -3.42. The summed E-state index contributed by atoms with van der Waals surface area (Å²) in [7, 11) is 3.74. The van der Waals surface area contributed by atoms with Gasteiger partial charge in [0.2, 0.25) is 11.8 Å². The fourth-order valence-corrected chi connectivity index (χ4v) is 4.21. The number of carbonyl (C=O) groups is 1. The Balaban J connectivity index is 1.45. The van der Waals surface area contributed by atoms with Crippen LogP contribution in [0.2, 0.25) is 0 Å². The monoisotopic (exact) mass is 404 g/mol.